The van der Waals surface area contributed by atoms with E-state index in [1.54, 1.807) is 14.2 Å². The Balaban J connectivity index is 1.73. The van der Waals surface area contributed by atoms with E-state index < -0.39 is 16.8 Å². The molecule has 7 nitrogen and oxygen atoms in total. The van der Waals surface area contributed by atoms with Crippen molar-refractivity contribution in [3.63, 3.8) is 0 Å². The number of hydrogen-bond donors (Lipinski definition) is 0. The molecule has 2 saturated heterocycles. The molecule has 0 spiro atoms. The zero-order valence-corrected chi connectivity index (χ0v) is 23.7. The second-order valence-electron chi connectivity index (χ2n) is 12.6. The molecule has 3 aliphatic heterocycles. The Bertz CT molecular complexity index is 1190. The topological polar surface area (TPSA) is 66.5 Å². The van der Waals surface area contributed by atoms with Crippen molar-refractivity contribution in [2.45, 2.75) is 71.3 Å². The highest BCUT2D eigenvalue weighted by Gasteiger charge is 2.73. The summed E-state index contributed by atoms with van der Waals surface area (Å²) in [5.41, 5.74) is -1.17. The average Bonchev–Trinajstić information content (AvgIpc) is 3.25. The van der Waals surface area contributed by atoms with Crippen LogP contribution in [0.5, 0.6) is 11.5 Å². The maximum Gasteiger partial charge on any atom is 0.260 e. The number of carbonyl (C=O) groups is 1. The van der Waals surface area contributed by atoms with Gasteiger partial charge in [0.15, 0.2) is 5.60 Å². The second-order valence-corrected chi connectivity index (χ2v) is 12.6. The molecule has 5 rings (SSSR count). The van der Waals surface area contributed by atoms with Crippen molar-refractivity contribution >= 4 is 5.91 Å². The molecule has 2 aromatic rings. The van der Waals surface area contributed by atoms with E-state index in [1.165, 1.54) is 0 Å². The van der Waals surface area contributed by atoms with Crippen LogP contribution < -0.4 is 9.47 Å². The number of amides is 1. The van der Waals surface area contributed by atoms with Gasteiger partial charge in [0.1, 0.15) is 22.7 Å². The van der Waals surface area contributed by atoms with Crippen molar-refractivity contribution in [2.75, 3.05) is 20.8 Å². The van der Waals surface area contributed by atoms with Crippen LogP contribution in [0.1, 0.15) is 65.5 Å². The van der Waals surface area contributed by atoms with E-state index in [0.29, 0.717) is 19.4 Å². The van der Waals surface area contributed by atoms with Gasteiger partial charge in [-0.3, -0.25) is 4.79 Å². The molecule has 2 unspecified atom stereocenters. The summed E-state index contributed by atoms with van der Waals surface area (Å²) in [5, 5.41) is 0. The summed E-state index contributed by atoms with van der Waals surface area (Å²) in [5.74, 6) is 0.955. The molecule has 3 heterocycles. The Morgan fingerprint density at radius 1 is 0.816 bits per heavy atom. The number of benzene rings is 2. The fraction of sp³-hybridized carbons (Fsp3) is 0.516. The predicted octanol–water partition coefficient (Wildman–Crippen LogP) is 5.97. The minimum atomic E-state index is -1.24. The molecule has 0 N–H and O–H groups in total. The van der Waals surface area contributed by atoms with Crippen LogP contribution in [0.25, 0.3) is 0 Å². The van der Waals surface area contributed by atoms with Crippen molar-refractivity contribution in [1.82, 2.24) is 4.90 Å². The number of piperidine rings is 1. The van der Waals surface area contributed by atoms with E-state index in [1.807, 2.05) is 59.5 Å². The number of rotatable bonds is 4. The van der Waals surface area contributed by atoms with Crippen LogP contribution in [0.4, 0.5) is 0 Å². The van der Waals surface area contributed by atoms with E-state index in [-0.39, 0.29) is 16.9 Å². The van der Waals surface area contributed by atoms with Crippen LogP contribution in [-0.4, -0.2) is 42.9 Å². The zero-order valence-electron chi connectivity index (χ0n) is 23.7. The molecular weight excluding hydrogens is 482 g/mol. The molecule has 0 saturated carbocycles. The van der Waals surface area contributed by atoms with Crippen LogP contribution >= 0.6 is 0 Å². The number of nitrogens with zero attached hydrogens (tertiary/aromatic N) is 1. The molecule has 7 heteroatoms. The summed E-state index contributed by atoms with van der Waals surface area (Å²) >= 11 is 0. The SMILES string of the molecule is COc1ccc(C2(c3ccc(OC)cc3)CC34C=C(C(C)(C)C)OC3(CCN(C(C)(C)C)C4=O)OO2)cc1. The van der Waals surface area contributed by atoms with Crippen LogP contribution in [-0.2, 0) is 24.9 Å². The second kappa shape index (κ2) is 8.75. The third kappa shape index (κ3) is 3.90. The highest BCUT2D eigenvalue weighted by atomic mass is 17.2. The lowest BCUT2D eigenvalue weighted by Crippen LogP contribution is -2.69. The van der Waals surface area contributed by atoms with Crippen LogP contribution in [0.2, 0.25) is 0 Å². The Hall–Kier alpha value is -3.03. The largest absolute Gasteiger partial charge is 0.497 e. The highest BCUT2D eigenvalue weighted by molar-refractivity contribution is 5.89. The quantitative estimate of drug-likeness (QED) is 0.462. The molecule has 3 aliphatic rings. The van der Waals surface area contributed by atoms with Gasteiger partial charge in [0.05, 0.1) is 14.2 Å². The lowest BCUT2D eigenvalue weighted by molar-refractivity contribution is -0.505. The molecule has 0 aliphatic carbocycles. The number of allylic oxidation sites excluding steroid dienone is 1. The third-order valence-corrected chi connectivity index (χ3v) is 8.13. The van der Waals surface area contributed by atoms with Crippen molar-refractivity contribution < 1.29 is 28.8 Å². The maximum absolute atomic E-state index is 14.7. The minimum Gasteiger partial charge on any atom is -0.497 e. The average molecular weight is 522 g/mol. The van der Waals surface area contributed by atoms with Crippen LogP contribution in [0, 0.1) is 10.8 Å². The first-order valence-electron chi connectivity index (χ1n) is 13.2. The molecule has 2 atom stereocenters. The Morgan fingerprint density at radius 3 is 1.79 bits per heavy atom. The van der Waals surface area contributed by atoms with Gasteiger partial charge in [-0.1, -0.05) is 45.0 Å². The molecule has 1 amide bonds. The van der Waals surface area contributed by atoms with E-state index >= 15 is 0 Å². The number of likely N-dealkylation sites (tertiary alicyclic amines) is 1. The zero-order chi connectivity index (χ0) is 27.6. The smallest absolute Gasteiger partial charge is 0.260 e. The molecule has 2 fully saturated rings. The van der Waals surface area contributed by atoms with Gasteiger partial charge in [0.2, 0.25) is 5.91 Å². The van der Waals surface area contributed by atoms with Gasteiger partial charge in [-0.05, 0) is 62.2 Å². The van der Waals surface area contributed by atoms with Gasteiger partial charge in [-0.2, -0.15) is 4.89 Å². The summed E-state index contributed by atoms with van der Waals surface area (Å²) < 4.78 is 17.4. The lowest BCUT2D eigenvalue weighted by Gasteiger charge is -2.57. The molecule has 2 aromatic carbocycles. The van der Waals surface area contributed by atoms with Crippen LogP contribution in [0.3, 0.4) is 0 Å². The molecule has 0 radical (unpaired) electrons. The molecular formula is C31H39NO6. The van der Waals surface area contributed by atoms with E-state index in [9.17, 15) is 4.79 Å². The van der Waals surface area contributed by atoms with Gasteiger partial charge in [-0.25, -0.2) is 4.89 Å². The fourth-order valence-electron chi connectivity index (χ4n) is 5.88. The monoisotopic (exact) mass is 521 g/mol. The normalized spacial score (nSPS) is 26.7. The number of ether oxygens (including phenoxy) is 3. The van der Waals surface area contributed by atoms with Crippen molar-refractivity contribution in [3.05, 3.63) is 71.5 Å². The first kappa shape index (κ1) is 26.6. The number of carbonyl (C=O) groups excluding carboxylic acids is 1. The van der Waals surface area contributed by atoms with E-state index in [0.717, 1.165) is 28.4 Å². The van der Waals surface area contributed by atoms with Gasteiger partial charge in [-0.15, -0.1) is 0 Å². The predicted molar refractivity (Wildman–Crippen MR) is 143 cm³/mol. The van der Waals surface area contributed by atoms with Crippen molar-refractivity contribution in [2.24, 2.45) is 10.8 Å². The van der Waals surface area contributed by atoms with Gasteiger partial charge < -0.3 is 19.1 Å². The molecule has 204 valence electrons. The maximum atomic E-state index is 14.7. The molecule has 38 heavy (non-hydrogen) atoms. The van der Waals surface area contributed by atoms with Gasteiger partial charge in [0, 0.05) is 30.3 Å². The third-order valence-electron chi connectivity index (χ3n) is 8.13. The molecule has 0 aromatic heterocycles. The number of hydrogen-bond acceptors (Lipinski definition) is 6. The van der Waals surface area contributed by atoms with E-state index in [4.69, 9.17) is 24.0 Å². The first-order valence-corrected chi connectivity index (χ1v) is 13.2. The van der Waals surface area contributed by atoms with Gasteiger partial charge >= 0.3 is 0 Å². The summed E-state index contributed by atoms with van der Waals surface area (Å²) in [4.78, 5) is 29.5. The summed E-state index contributed by atoms with van der Waals surface area (Å²) in [7, 11) is 3.27. The van der Waals surface area contributed by atoms with Gasteiger partial charge in [0.25, 0.3) is 5.79 Å². The standard InChI is InChI=1S/C31H39NO6/c1-27(2,3)25-19-29-20-30(21-9-13-23(34-7)14-10-21,22-11-15-24(35-8)16-12-22)37-38-31(29,36-25)17-18-32(26(29)33)28(4,5)6/h9-16,19H,17-18,20H2,1-8H3. The summed E-state index contributed by atoms with van der Waals surface area (Å²) in [6.45, 7) is 13.0. The Kier molecular flexibility index (Phi) is 6.12. The van der Waals surface area contributed by atoms with Crippen LogP contribution in [0.15, 0.2) is 60.4 Å². The first-order chi connectivity index (χ1) is 17.8. The fourth-order valence-corrected chi connectivity index (χ4v) is 5.88. The molecule has 0 bridgehead atoms. The lowest BCUT2D eigenvalue weighted by atomic mass is 9.63. The summed E-state index contributed by atoms with van der Waals surface area (Å²) in [6, 6.07) is 15.5. The minimum absolute atomic E-state index is 0.00908. The summed E-state index contributed by atoms with van der Waals surface area (Å²) in [6.07, 6.45) is 2.83. The van der Waals surface area contributed by atoms with Crippen molar-refractivity contribution in [1.29, 1.82) is 0 Å². The van der Waals surface area contributed by atoms with Crippen molar-refractivity contribution in [3.8, 4) is 11.5 Å². The Labute approximate surface area is 225 Å². The Morgan fingerprint density at radius 2 is 1.34 bits per heavy atom. The van der Waals surface area contributed by atoms with E-state index in [2.05, 4.69) is 41.5 Å². The highest BCUT2D eigenvalue weighted by Crippen LogP contribution is 2.63. The number of methoxy groups -OCH3 is 2.